The molecule has 0 atom stereocenters. The number of para-hydroxylation sites is 1. The zero-order valence-corrected chi connectivity index (χ0v) is 10.3. The summed E-state index contributed by atoms with van der Waals surface area (Å²) in [4.78, 5) is 8.25. The summed E-state index contributed by atoms with van der Waals surface area (Å²) in [5.74, 6) is 0.0718. The first-order valence-corrected chi connectivity index (χ1v) is 2.66. The molecule has 13 heavy (non-hydrogen) atoms. The minimum atomic E-state index is -1.75. The van der Waals surface area contributed by atoms with Crippen LogP contribution in [-0.4, -0.2) is 5.09 Å². The van der Waals surface area contributed by atoms with Gasteiger partial charge in [0.05, 0.1) is 5.09 Å². The first-order valence-electron chi connectivity index (χ1n) is 2.66. The molecule has 0 aromatic heterocycles. The van der Waals surface area contributed by atoms with Crippen LogP contribution in [-0.2, 0) is 22.4 Å². The van der Waals surface area contributed by atoms with E-state index < -0.39 is 5.09 Å². The van der Waals surface area contributed by atoms with Crippen molar-refractivity contribution in [3.8, 4) is 5.75 Å². The number of hydrogen-bond acceptors (Lipinski definition) is 4. The van der Waals surface area contributed by atoms with Gasteiger partial charge in [0.25, 0.3) is 0 Å². The van der Waals surface area contributed by atoms with Crippen LogP contribution in [0.4, 0.5) is 0 Å². The van der Waals surface area contributed by atoms with Gasteiger partial charge in [0.1, 0.15) is 0 Å². The van der Waals surface area contributed by atoms with Crippen LogP contribution in [0.2, 0.25) is 0 Å². The average Bonchev–Trinajstić information content (AvgIpc) is 1.87. The van der Waals surface area contributed by atoms with Gasteiger partial charge in [-0.2, -0.15) is 0 Å². The first kappa shape index (κ1) is 18.7. The molecule has 0 amide bonds. The Morgan fingerprint density at radius 2 is 1.38 bits per heavy atom. The summed E-state index contributed by atoms with van der Waals surface area (Å²) in [6, 6.07) is 8.33. The second kappa shape index (κ2) is 12.0. The molecular formula is C6H5AgNNaO4. The van der Waals surface area contributed by atoms with Crippen LogP contribution in [0.3, 0.4) is 0 Å². The van der Waals surface area contributed by atoms with Gasteiger partial charge < -0.3 is 20.4 Å². The van der Waals surface area contributed by atoms with E-state index in [1.54, 1.807) is 12.1 Å². The molecule has 0 N–H and O–H groups in total. The predicted molar refractivity (Wildman–Crippen MR) is 36.2 cm³/mol. The van der Waals surface area contributed by atoms with Gasteiger partial charge in [0, 0.05) is 0 Å². The zero-order chi connectivity index (χ0) is 8.69. The number of hydrogen-bond donors (Lipinski definition) is 0. The van der Waals surface area contributed by atoms with Crippen molar-refractivity contribution in [3.05, 3.63) is 45.7 Å². The van der Waals surface area contributed by atoms with E-state index in [1.807, 2.05) is 6.07 Å². The molecular weight excluding hydrogens is 281 g/mol. The molecule has 0 bridgehead atoms. The fraction of sp³-hybridized carbons (Fsp3) is 0. The van der Waals surface area contributed by atoms with Crippen LogP contribution in [0.15, 0.2) is 30.3 Å². The van der Waals surface area contributed by atoms with Crippen molar-refractivity contribution < 1.29 is 62.1 Å². The first-order chi connectivity index (χ1) is 5.13. The van der Waals surface area contributed by atoms with Crippen molar-refractivity contribution in [2.75, 3.05) is 0 Å². The molecule has 0 aliphatic carbocycles. The molecule has 0 radical (unpaired) electrons. The van der Waals surface area contributed by atoms with Gasteiger partial charge in [0.15, 0.2) is 0 Å². The maximum Gasteiger partial charge on any atom is 1.00 e. The van der Waals surface area contributed by atoms with Gasteiger partial charge in [0.2, 0.25) is 0 Å². The molecule has 1 rings (SSSR count). The summed E-state index contributed by atoms with van der Waals surface area (Å²) < 4.78 is 0. The van der Waals surface area contributed by atoms with Gasteiger partial charge in [-0.15, -0.1) is 5.75 Å². The van der Waals surface area contributed by atoms with Gasteiger partial charge in [-0.05, 0) is 0 Å². The van der Waals surface area contributed by atoms with E-state index in [4.69, 9.17) is 15.3 Å². The van der Waals surface area contributed by atoms with E-state index in [2.05, 4.69) is 0 Å². The average molecular weight is 286 g/mol. The quantitative estimate of drug-likeness (QED) is 0.300. The van der Waals surface area contributed by atoms with Crippen molar-refractivity contribution in [3.63, 3.8) is 0 Å². The Bertz CT molecular complexity index is 217. The molecule has 0 unspecified atom stereocenters. The Hall–Kier alpha value is -0.0397. The summed E-state index contributed by atoms with van der Waals surface area (Å²) in [5, 5.41) is 25.0. The normalized spacial score (nSPS) is 6.46. The van der Waals surface area contributed by atoms with Gasteiger partial charge in [-0.3, -0.25) is 0 Å². The molecule has 0 fully saturated rings. The third-order valence-electron chi connectivity index (χ3n) is 0.743. The minimum absolute atomic E-state index is 0. The standard InChI is InChI=1S/C6H6O.Ag.NO3.Na/c7-6-4-2-1-3-5-6;;2-1(3)4;/h1-5,7H;;;/q;+1;-1;+1/p-1. The summed E-state index contributed by atoms with van der Waals surface area (Å²) in [6.07, 6.45) is 0. The second-order valence-corrected chi connectivity index (χ2v) is 1.54. The Kier molecular flexibility index (Phi) is 17.2. The maximum absolute atomic E-state index is 10.3. The van der Waals surface area contributed by atoms with E-state index in [-0.39, 0.29) is 57.7 Å². The van der Waals surface area contributed by atoms with Crippen molar-refractivity contribution in [2.45, 2.75) is 0 Å². The van der Waals surface area contributed by atoms with Crippen LogP contribution < -0.4 is 34.7 Å². The van der Waals surface area contributed by atoms with Crippen LogP contribution in [0.25, 0.3) is 0 Å². The van der Waals surface area contributed by atoms with Crippen molar-refractivity contribution in [2.24, 2.45) is 0 Å². The predicted octanol–water partition coefficient (Wildman–Crippen LogP) is -2.48. The molecule has 0 aliphatic heterocycles. The van der Waals surface area contributed by atoms with E-state index in [9.17, 15) is 5.11 Å². The molecule has 1 aromatic carbocycles. The summed E-state index contributed by atoms with van der Waals surface area (Å²) in [6.45, 7) is 0. The Balaban J connectivity index is -0.000000150. The van der Waals surface area contributed by atoms with Crippen molar-refractivity contribution in [1.82, 2.24) is 0 Å². The molecule has 0 heterocycles. The second-order valence-electron chi connectivity index (χ2n) is 1.54. The monoisotopic (exact) mass is 285 g/mol. The Labute approximate surface area is 113 Å². The van der Waals surface area contributed by atoms with Crippen LogP contribution in [0.1, 0.15) is 0 Å². The number of benzene rings is 1. The largest absolute Gasteiger partial charge is 1.00 e. The molecule has 5 nitrogen and oxygen atoms in total. The van der Waals surface area contributed by atoms with Gasteiger partial charge in [-0.1, -0.05) is 30.3 Å². The van der Waals surface area contributed by atoms with Crippen molar-refractivity contribution >= 4 is 0 Å². The third-order valence-corrected chi connectivity index (χ3v) is 0.743. The molecule has 70 valence electrons. The van der Waals surface area contributed by atoms with E-state index >= 15 is 0 Å². The minimum Gasteiger partial charge on any atom is -0.872 e. The summed E-state index contributed by atoms with van der Waals surface area (Å²) in [7, 11) is 0. The number of rotatable bonds is 0. The smallest absolute Gasteiger partial charge is 0.872 e. The zero-order valence-electron chi connectivity index (χ0n) is 6.77. The van der Waals surface area contributed by atoms with Crippen LogP contribution in [0.5, 0.6) is 5.75 Å². The van der Waals surface area contributed by atoms with Crippen LogP contribution in [0, 0.1) is 15.3 Å². The fourth-order valence-electron chi connectivity index (χ4n) is 0.420. The van der Waals surface area contributed by atoms with Gasteiger partial charge in [-0.25, -0.2) is 0 Å². The molecule has 0 saturated carbocycles. The fourth-order valence-corrected chi connectivity index (χ4v) is 0.420. The van der Waals surface area contributed by atoms with Crippen LogP contribution >= 0.6 is 0 Å². The maximum atomic E-state index is 10.3. The molecule has 7 heteroatoms. The Morgan fingerprint density at radius 3 is 1.54 bits per heavy atom. The Morgan fingerprint density at radius 1 is 1.08 bits per heavy atom. The summed E-state index contributed by atoms with van der Waals surface area (Å²) in [5.41, 5.74) is 0. The molecule has 0 saturated heterocycles. The van der Waals surface area contributed by atoms with E-state index in [0.717, 1.165) is 0 Å². The molecule has 0 aliphatic rings. The molecule has 1 aromatic rings. The number of nitrogens with zero attached hydrogens (tertiary/aromatic N) is 1. The van der Waals surface area contributed by atoms with E-state index in [0.29, 0.717) is 0 Å². The van der Waals surface area contributed by atoms with E-state index in [1.165, 1.54) is 12.1 Å². The molecule has 0 spiro atoms. The third kappa shape index (κ3) is 18.7. The SMILES string of the molecule is O=[N+]([O-])[O-].[Ag+].[Na+].[O-]c1ccccc1. The topological polar surface area (TPSA) is 89.3 Å². The van der Waals surface area contributed by atoms with Gasteiger partial charge >= 0.3 is 51.9 Å². The van der Waals surface area contributed by atoms with Crippen molar-refractivity contribution in [1.29, 1.82) is 0 Å². The summed E-state index contributed by atoms with van der Waals surface area (Å²) >= 11 is 0.